The Morgan fingerprint density at radius 1 is 0.923 bits per heavy atom. The molecule has 0 aliphatic rings. The predicted octanol–water partition coefficient (Wildman–Crippen LogP) is 3.35. The van der Waals surface area contributed by atoms with E-state index in [0.717, 1.165) is 0 Å². The minimum Gasteiger partial charge on any atom is -0.423 e. The average molecular weight is 266 g/mol. The molecule has 2 N–H and O–H groups in total. The molecule has 0 fully saturated rings. The Balaban J connectivity index is 4.34. The van der Waals surface area contributed by atoms with E-state index in [9.17, 15) is 0 Å². The van der Waals surface area contributed by atoms with Crippen LogP contribution in [0.4, 0.5) is 0 Å². The molecule has 0 unspecified atom stereocenters. The van der Waals surface area contributed by atoms with Gasteiger partial charge in [0.2, 0.25) is 11.8 Å². The summed E-state index contributed by atoms with van der Waals surface area (Å²) in [7, 11) is 0. The van der Waals surface area contributed by atoms with Crippen molar-refractivity contribution in [3.05, 3.63) is 0 Å². The Morgan fingerprint density at radius 2 is 1.15 bits per heavy atom. The number of ether oxygens (including phenoxy) is 1. The molecule has 0 atom stereocenters. The van der Waals surface area contributed by atoms with Crippen molar-refractivity contribution in [1.29, 1.82) is 10.8 Å². The molecule has 7 heteroatoms. The molecule has 0 aromatic heterocycles. The van der Waals surface area contributed by atoms with Crippen LogP contribution in [0.15, 0.2) is 0 Å². The molecule has 0 aromatic carbocycles. The van der Waals surface area contributed by atoms with Crippen LogP contribution in [0, 0.1) is 10.8 Å². The summed E-state index contributed by atoms with van der Waals surface area (Å²) < 4.78 is 1.63. The third-order valence-corrected chi connectivity index (χ3v) is 1.69. The SMILES string of the molecule is CC(Cl)(Cl)C(=N)OC(=N)C(C)(Cl)Cl. The van der Waals surface area contributed by atoms with E-state index in [1.807, 2.05) is 0 Å². The summed E-state index contributed by atoms with van der Waals surface area (Å²) in [5, 5.41) is 14.4. The van der Waals surface area contributed by atoms with Crippen molar-refractivity contribution in [2.24, 2.45) is 0 Å². The van der Waals surface area contributed by atoms with Crippen molar-refractivity contribution in [3.63, 3.8) is 0 Å². The van der Waals surface area contributed by atoms with Crippen LogP contribution < -0.4 is 0 Å². The zero-order valence-electron chi connectivity index (χ0n) is 6.92. The van der Waals surface area contributed by atoms with Gasteiger partial charge in [0.1, 0.15) is 0 Å². The summed E-state index contributed by atoms with van der Waals surface area (Å²) in [6.07, 6.45) is 0. The first kappa shape index (κ1) is 13.3. The molecule has 0 spiro atoms. The smallest absolute Gasteiger partial charge is 0.225 e. The zero-order chi connectivity index (χ0) is 10.9. The molecule has 0 saturated carbocycles. The Kier molecular flexibility index (Phi) is 4.31. The van der Waals surface area contributed by atoms with Gasteiger partial charge in [-0.05, 0) is 13.8 Å². The highest BCUT2D eigenvalue weighted by atomic mass is 35.5. The first-order valence-corrected chi connectivity index (χ1v) is 4.68. The first-order chi connectivity index (χ1) is 5.55. The summed E-state index contributed by atoms with van der Waals surface area (Å²) in [5.41, 5.74) is 0. The van der Waals surface area contributed by atoms with E-state index in [2.05, 4.69) is 4.74 Å². The second-order valence-electron chi connectivity index (χ2n) is 2.54. The molecular formula is C6H8Cl4N2O. The summed E-state index contributed by atoms with van der Waals surface area (Å²) >= 11 is 22.0. The van der Waals surface area contributed by atoms with E-state index in [1.54, 1.807) is 0 Å². The normalized spacial score (nSPS) is 12.5. The lowest BCUT2D eigenvalue weighted by atomic mass is 10.4. The maximum Gasteiger partial charge on any atom is 0.225 e. The molecule has 0 heterocycles. The van der Waals surface area contributed by atoms with Crippen LogP contribution in [0.2, 0.25) is 0 Å². The quantitative estimate of drug-likeness (QED) is 0.449. The molecule has 0 amide bonds. The Hall–Kier alpha value is 0.300. The Bertz CT molecular complexity index is 204. The van der Waals surface area contributed by atoms with Gasteiger partial charge in [0.25, 0.3) is 0 Å². The highest BCUT2D eigenvalue weighted by Crippen LogP contribution is 2.26. The van der Waals surface area contributed by atoms with Crippen molar-refractivity contribution >= 4 is 58.2 Å². The number of alkyl halides is 4. The van der Waals surface area contributed by atoms with Gasteiger partial charge in [-0.1, -0.05) is 46.4 Å². The molecular weight excluding hydrogens is 258 g/mol. The first-order valence-electron chi connectivity index (χ1n) is 3.16. The molecule has 0 aliphatic heterocycles. The van der Waals surface area contributed by atoms with E-state index in [-0.39, 0.29) is 0 Å². The van der Waals surface area contributed by atoms with Gasteiger partial charge in [0.05, 0.1) is 0 Å². The molecule has 0 bridgehead atoms. The average Bonchev–Trinajstić information content (AvgIpc) is 1.82. The number of hydrogen-bond acceptors (Lipinski definition) is 3. The lowest BCUT2D eigenvalue weighted by Crippen LogP contribution is -2.32. The fraction of sp³-hybridized carbons (Fsp3) is 0.667. The lowest BCUT2D eigenvalue weighted by molar-refractivity contribution is 0.495. The van der Waals surface area contributed by atoms with Crippen molar-refractivity contribution in [1.82, 2.24) is 0 Å². The summed E-state index contributed by atoms with van der Waals surface area (Å²) in [4.78, 5) is 0. The van der Waals surface area contributed by atoms with Crippen molar-refractivity contribution in [2.75, 3.05) is 0 Å². The standard InChI is InChI=1S/C6H8Cl4N2O/c1-5(7,8)3(11)13-4(12)6(2,9)10/h11-12H,1-2H3. The fourth-order valence-electron chi connectivity index (χ4n) is 0.281. The van der Waals surface area contributed by atoms with Gasteiger partial charge < -0.3 is 4.74 Å². The van der Waals surface area contributed by atoms with Crippen molar-refractivity contribution in [3.8, 4) is 0 Å². The van der Waals surface area contributed by atoms with E-state index < -0.39 is 20.5 Å². The minimum atomic E-state index is -1.49. The van der Waals surface area contributed by atoms with Crippen LogP contribution in [-0.4, -0.2) is 20.5 Å². The summed E-state index contributed by atoms with van der Waals surface area (Å²) in [6, 6.07) is 0. The molecule has 0 saturated heterocycles. The Morgan fingerprint density at radius 3 is 1.31 bits per heavy atom. The van der Waals surface area contributed by atoms with Gasteiger partial charge in [0.15, 0.2) is 8.67 Å². The number of halogens is 4. The fourth-order valence-corrected chi connectivity index (χ4v) is 0.436. The second-order valence-corrected chi connectivity index (χ2v) is 5.95. The maximum absolute atomic E-state index is 7.21. The maximum atomic E-state index is 7.21. The predicted molar refractivity (Wildman–Crippen MR) is 56.8 cm³/mol. The van der Waals surface area contributed by atoms with Crippen LogP contribution in [0.3, 0.4) is 0 Å². The monoisotopic (exact) mass is 264 g/mol. The molecule has 0 aliphatic carbocycles. The highest BCUT2D eigenvalue weighted by molar-refractivity contribution is 6.60. The lowest BCUT2D eigenvalue weighted by Gasteiger charge is -2.19. The van der Waals surface area contributed by atoms with Gasteiger partial charge in [-0.25, -0.2) is 0 Å². The van der Waals surface area contributed by atoms with E-state index in [4.69, 9.17) is 57.2 Å². The van der Waals surface area contributed by atoms with Gasteiger partial charge in [0, 0.05) is 0 Å². The number of rotatable bonds is 2. The Labute approximate surface area is 96.3 Å². The summed E-state index contributed by atoms with van der Waals surface area (Å²) in [6.45, 7) is 2.68. The third kappa shape index (κ3) is 4.91. The van der Waals surface area contributed by atoms with Crippen molar-refractivity contribution in [2.45, 2.75) is 22.5 Å². The van der Waals surface area contributed by atoms with Crippen LogP contribution in [0.5, 0.6) is 0 Å². The molecule has 13 heavy (non-hydrogen) atoms. The van der Waals surface area contributed by atoms with Crippen LogP contribution >= 0.6 is 46.4 Å². The minimum absolute atomic E-state index is 0.492. The van der Waals surface area contributed by atoms with E-state index in [1.165, 1.54) is 13.8 Å². The van der Waals surface area contributed by atoms with E-state index in [0.29, 0.717) is 0 Å². The third-order valence-electron chi connectivity index (χ3n) is 1.00. The largest absolute Gasteiger partial charge is 0.423 e. The van der Waals surface area contributed by atoms with Gasteiger partial charge in [-0.15, -0.1) is 0 Å². The number of hydrogen-bond donors (Lipinski definition) is 2. The van der Waals surface area contributed by atoms with Gasteiger partial charge >= 0.3 is 0 Å². The topological polar surface area (TPSA) is 56.9 Å². The zero-order valence-corrected chi connectivity index (χ0v) is 9.94. The van der Waals surface area contributed by atoms with Gasteiger partial charge in [-0.3, -0.25) is 10.8 Å². The number of nitrogens with one attached hydrogen (secondary N) is 2. The summed E-state index contributed by atoms with van der Waals surface area (Å²) in [5.74, 6) is -0.985. The highest BCUT2D eigenvalue weighted by Gasteiger charge is 2.32. The second kappa shape index (κ2) is 4.22. The molecule has 0 aromatic rings. The van der Waals surface area contributed by atoms with Gasteiger partial charge in [-0.2, -0.15) is 0 Å². The molecule has 3 nitrogen and oxygen atoms in total. The molecule has 0 radical (unpaired) electrons. The van der Waals surface area contributed by atoms with Crippen LogP contribution in [0.1, 0.15) is 13.8 Å². The molecule has 76 valence electrons. The van der Waals surface area contributed by atoms with Crippen LogP contribution in [-0.2, 0) is 4.74 Å². The van der Waals surface area contributed by atoms with Crippen LogP contribution in [0.25, 0.3) is 0 Å². The molecule has 0 rings (SSSR count). The van der Waals surface area contributed by atoms with E-state index >= 15 is 0 Å². The van der Waals surface area contributed by atoms with Crippen molar-refractivity contribution < 1.29 is 4.74 Å².